The molecule has 1 aromatic carbocycles. The van der Waals surface area contributed by atoms with E-state index in [2.05, 4.69) is 56.6 Å². The van der Waals surface area contributed by atoms with Crippen LogP contribution in [0.1, 0.15) is 0 Å². The zero-order valence-electron chi connectivity index (χ0n) is 18.0. The summed E-state index contributed by atoms with van der Waals surface area (Å²) in [5, 5.41) is 1.16. The molecule has 0 unspecified atom stereocenters. The molecule has 7 nitrogen and oxygen atoms in total. The van der Waals surface area contributed by atoms with Gasteiger partial charge in [0, 0.05) is 50.9 Å². The molecule has 160 valence electrons. The second kappa shape index (κ2) is 8.53. The third-order valence-electron chi connectivity index (χ3n) is 5.85. The summed E-state index contributed by atoms with van der Waals surface area (Å²) >= 11 is 0. The second-order valence-corrected chi connectivity index (χ2v) is 7.91. The lowest BCUT2D eigenvalue weighted by Crippen LogP contribution is -2.44. The van der Waals surface area contributed by atoms with Crippen molar-refractivity contribution < 1.29 is 9.47 Å². The van der Waals surface area contributed by atoms with Crippen LogP contribution in [0, 0.1) is 0 Å². The topological polar surface area (TPSA) is 55.1 Å². The lowest BCUT2D eigenvalue weighted by atomic mass is 10.1. The first-order valence-corrected chi connectivity index (χ1v) is 10.7. The standard InChI is InChI=1S/C24H27N5O2/c1-27-10-12-28(13-11-27)21-5-3-4-18-6-7-20(26-24(18)21)22-17-25-23-16-19(8-9-29(22)23)31-15-14-30-2/h3-9,16-17H,10-15H2,1-2H3. The van der Waals surface area contributed by atoms with Crippen molar-refractivity contribution in [1.82, 2.24) is 19.3 Å². The molecule has 0 bridgehead atoms. The van der Waals surface area contributed by atoms with Crippen LogP contribution in [0.15, 0.2) is 54.9 Å². The van der Waals surface area contributed by atoms with E-state index in [0.29, 0.717) is 13.2 Å². The number of benzene rings is 1. The second-order valence-electron chi connectivity index (χ2n) is 7.91. The minimum absolute atomic E-state index is 0.515. The van der Waals surface area contributed by atoms with E-state index in [1.54, 1.807) is 7.11 Å². The SMILES string of the molecule is COCCOc1ccn2c(-c3ccc4cccc(N5CCN(C)CC5)c4n3)cnc2c1. The molecule has 1 fully saturated rings. The summed E-state index contributed by atoms with van der Waals surface area (Å²) in [6.45, 7) is 5.24. The van der Waals surface area contributed by atoms with Crippen molar-refractivity contribution in [3.63, 3.8) is 0 Å². The van der Waals surface area contributed by atoms with Gasteiger partial charge < -0.3 is 19.3 Å². The van der Waals surface area contributed by atoms with Crippen molar-refractivity contribution >= 4 is 22.2 Å². The third-order valence-corrected chi connectivity index (χ3v) is 5.85. The van der Waals surface area contributed by atoms with Gasteiger partial charge in [-0.25, -0.2) is 9.97 Å². The van der Waals surface area contributed by atoms with Crippen molar-refractivity contribution in [1.29, 1.82) is 0 Å². The molecule has 1 saturated heterocycles. The van der Waals surface area contributed by atoms with E-state index >= 15 is 0 Å². The predicted octanol–water partition coefficient (Wildman–Crippen LogP) is 3.33. The molecule has 0 aliphatic carbocycles. The number of pyridine rings is 2. The quantitative estimate of drug-likeness (QED) is 0.449. The lowest BCUT2D eigenvalue weighted by molar-refractivity contribution is 0.146. The molecule has 0 atom stereocenters. The van der Waals surface area contributed by atoms with Crippen molar-refractivity contribution in [3.8, 4) is 17.1 Å². The lowest BCUT2D eigenvalue weighted by Gasteiger charge is -2.34. The Morgan fingerprint density at radius 3 is 2.71 bits per heavy atom. The molecule has 0 N–H and O–H groups in total. The van der Waals surface area contributed by atoms with Crippen LogP contribution in [0.25, 0.3) is 27.9 Å². The minimum Gasteiger partial charge on any atom is -0.491 e. The number of hydrogen-bond donors (Lipinski definition) is 0. The Balaban J connectivity index is 1.50. The zero-order chi connectivity index (χ0) is 21.2. The van der Waals surface area contributed by atoms with Crippen molar-refractivity contribution in [2.75, 3.05) is 58.5 Å². The van der Waals surface area contributed by atoms with Crippen LogP contribution in [-0.4, -0.2) is 72.8 Å². The molecular weight excluding hydrogens is 390 g/mol. The van der Waals surface area contributed by atoms with E-state index in [1.807, 2.05) is 24.5 Å². The van der Waals surface area contributed by atoms with E-state index in [9.17, 15) is 0 Å². The maximum atomic E-state index is 5.71. The summed E-state index contributed by atoms with van der Waals surface area (Å²) in [4.78, 5) is 14.5. The van der Waals surface area contributed by atoms with Crippen LogP contribution in [0.4, 0.5) is 5.69 Å². The third kappa shape index (κ3) is 3.94. The van der Waals surface area contributed by atoms with Crippen LogP contribution in [-0.2, 0) is 4.74 Å². The molecule has 1 aliphatic rings. The fourth-order valence-corrected chi connectivity index (χ4v) is 4.06. The van der Waals surface area contributed by atoms with Gasteiger partial charge in [-0.3, -0.25) is 4.40 Å². The van der Waals surface area contributed by atoms with Gasteiger partial charge in [0.2, 0.25) is 0 Å². The molecule has 5 rings (SSSR count). The molecule has 4 heterocycles. The number of anilines is 1. The van der Waals surface area contributed by atoms with Crippen LogP contribution >= 0.6 is 0 Å². The fourth-order valence-electron chi connectivity index (χ4n) is 4.06. The van der Waals surface area contributed by atoms with E-state index in [4.69, 9.17) is 14.5 Å². The Bertz CT molecular complexity index is 1200. The highest BCUT2D eigenvalue weighted by Crippen LogP contribution is 2.29. The number of ether oxygens (including phenoxy) is 2. The van der Waals surface area contributed by atoms with Gasteiger partial charge in [0.15, 0.2) is 0 Å². The van der Waals surface area contributed by atoms with Crippen molar-refractivity contribution in [2.45, 2.75) is 0 Å². The molecule has 0 saturated carbocycles. The Labute approximate surface area is 181 Å². The van der Waals surface area contributed by atoms with Gasteiger partial charge in [-0.2, -0.15) is 0 Å². The highest BCUT2D eigenvalue weighted by Gasteiger charge is 2.18. The first-order chi connectivity index (χ1) is 15.2. The number of hydrogen-bond acceptors (Lipinski definition) is 6. The minimum atomic E-state index is 0.515. The van der Waals surface area contributed by atoms with Crippen LogP contribution in [0.2, 0.25) is 0 Å². The van der Waals surface area contributed by atoms with Gasteiger partial charge in [-0.1, -0.05) is 18.2 Å². The number of nitrogens with zero attached hydrogens (tertiary/aromatic N) is 5. The number of likely N-dealkylation sites (N-methyl/N-ethyl adjacent to an activating group) is 1. The van der Waals surface area contributed by atoms with Gasteiger partial charge in [0.1, 0.15) is 18.0 Å². The largest absolute Gasteiger partial charge is 0.491 e. The van der Waals surface area contributed by atoms with Crippen molar-refractivity contribution in [3.05, 3.63) is 54.9 Å². The number of fused-ring (bicyclic) bond motifs is 2. The first kappa shape index (κ1) is 19.8. The Morgan fingerprint density at radius 2 is 1.87 bits per heavy atom. The summed E-state index contributed by atoms with van der Waals surface area (Å²) in [6, 6.07) is 14.5. The van der Waals surface area contributed by atoms with Gasteiger partial charge in [0.05, 0.1) is 35.4 Å². The van der Waals surface area contributed by atoms with Crippen LogP contribution in [0.5, 0.6) is 5.75 Å². The molecule has 1 aliphatic heterocycles. The van der Waals surface area contributed by atoms with E-state index in [-0.39, 0.29) is 0 Å². The summed E-state index contributed by atoms with van der Waals surface area (Å²) in [6.07, 6.45) is 3.86. The monoisotopic (exact) mass is 417 g/mol. The predicted molar refractivity (Wildman–Crippen MR) is 123 cm³/mol. The Kier molecular flexibility index (Phi) is 5.44. The molecular formula is C24H27N5O2. The van der Waals surface area contributed by atoms with Gasteiger partial charge >= 0.3 is 0 Å². The molecule has 0 amide bonds. The van der Waals surface area contributed by atoms with E-state index < -0.39 is 0 Å². The Morgan fingerprint density at radius 1 is 1.00 bits per heavy atom. The number of piperazine rings is 1. The van der Waals surface area contributed by atoms with Crippen LogP contribution in [0.3, 0.4) is 0 Å². The molecule has 4 aromatic rings. The smallest absolute Gasteiger partial charge is 0.140 e. The number of aromatic nitrogens is 3. The maximum Gasteiger partial charge on any atom is 0.140 e. The molecule has 0 radical (unpaired) electrons. The van der Waals surface area contributed by atoms with Crippen molar-refractivity contribution in [2.24, 2.45) is 0 Å². The highest BCUT2D eigenvalue weighted by molar-refractivity contribution is 5.92. The Hall–Kier alpha value is -3.16. The average Bonchev–Trinajstić information content (AvgIpc) is 3.22. The average molecular weight is 418 g/mol. The molecule has 31 heavy (non-hydrogen) atoms. The summed E-state index contributed by atoms with van der Waals surface area (Å²) in [5.74, 6) is 0.783. The molecule has 3 aromatic heterocycles. The summed E-state index contributed by atoms with van der Waals surface area (Å²) in [5.41, 5.74) is 4.96. The number of para-hydroxylation sites is 1. The first-order valence-electron chi connectivity index (χ1n) is 10.7. The normalized spacial score (nSPS) is 15.1. The number of rotatable bonds is 6. The van der Waals surface area contributed by atoms with Gasteiger partial charge in [-0.05, 0) is 25.2 Å². The maximum absolute atomic E-state index is 5.71. The molecule has 0 spiro atoms. The fraction of sp³-hybridized carbons (Fsp3) is 0.333. The van der Waals surface area contributed by atoms with Crippen LogP contribution < -0.4 is 9.64 Å². The van der Waals surface area contributed by atoms with E-state index in [0.717, 1.165) is 59.9 Å². The van der Waals surface area contributed by atoms with Gasteiger partial charge in [-0.15, -0.1) is 0 Å². The number of methoxy groups -OCH3 is 1. The van der Waals surface area contributed by atoms with E-state index in [1.165, 1.54) is 5.69 Å². The summed E-state index contributed by atoms with van der Waals surface area (Å²) < 4.78 is 12.8. The highest BCUT2D eigenvalue weighted by atomic mass is 16.5. The molecule has 7 heteroatoms. The van der Waals surface area contributed by atoms with Gasteiger partial charge in [0.25, 0.3) is 0 Å². The zero-order valence-corrected chi connectivity index (χ0v) is 18.0. The summed E-state index contributed by atoms with van der Waals surface area (Å²) in [7, 11) is 3.84. The number of imidazole rings is 1.